The van der Waals surface area contributed by atoms with Gasteiger partial charge in [-0.25, -0.2) is 0 Å². The Morgan fingerprint density at radius 2 is 1.75 bits per heavy atom. The summed E-state index contributed by atoms with van der Waals surface area (Å²) >= 11 is 0. The third-order valence-electron chi connectivity index (χ3n) is 0.846. The van der Waals surface area contributed by atoms with E-state index in [1.54, 1.807) is 0 Å². The van der Waals surface area contributed by atoms with E-state index in [0.29, 0.717) is 7.18 Å². The van der Waals surface area contributed by atoms with Gasteiger partial charge >= 0.3 is 0 Å². The SMILES string of the molecule is C1COCCN1.CF. The van der Waals surface area contributed by atoms with Crippen molar-refractivity contribution in [1.29, 1.82) is 0 Å². The molecular weight excluding hydrogens is 109 g/mol. The molecule has 0 unspecified atom stereocenters. The van der Waals surface area contributed by atoms with Crippen molar-refractivity contribution in [3.8, 4) is 0 Å². The molecule has 1 rings (SSSR count). The zero-order valence-corrected chi connectivity index (χ0v) is 5.11. The maximum Gasteiger partial charge on any atom is 0.0785 e. The minimum Gasteiger partial charge on any atom is -0.379 e. The Morgan fingerprint density at radius 1 is 1.25 bits per heavy atom. The third-order valence-corrected chi connectivity index (χ3v) is 0.846. The molecule has 50 valence electrons. The van der Waals surface area contributed by atoms with Crippen molar-refractivity contribution in [2.75, 3.05) is 33.5 Å². The van der Waals surface area contributed by atoms with Crippen LogP contribution in [0.25, 0.3) is 0 Å². The van der Waals surface area contributed by atoms with E-state index in [2.05, 4.69) is 5.32 Å². The maximum atomic E-state index is 9.50. The number of alkyl halides is 1. The van der Waals surface area contributed by atoms with Crippen molar-refractivity contribution in [3.05, 3.63) is 0 Å². The highest BCUT2D eigenvalue weighted by molar-refractivity contribution is 4.49. The first-order valence-corrected chi connectivity index (χ1v) is 2.66. The van der Waals surface area contributed by atoms with Crippen molar-refractivity contribution in [1.82, 2.24) is 5.32 Å². The predicted octanol–water partition coefficient (Wildman–Crippen LogP) is 0.192. The number of ether oxygens (including phenoxy) is 1. The Kier molecular flexibility index (Phi) is 6.72. The van der Waals surface area contributed by atoms with Gasteiger partial charge in [-0.15, -0.1) is 0 Å². The second kappa shape index (κ2) is 6.85. The molecule has 0 amide bonds. The van der Waals surface area contributed by atoms with E-state index in [-0.39, 0.29) is 0 Å². The first-order chi connectivity index (χ1) is 4.00. The molecule has 0 aromatic rings. The number of morpholine rings is 1. The number of rotatable bonds is 0. The van der Waals surface area contributed by atoms with E-state index in [9.17, 15) is 4.39 Å². The molecule has 0 spiro atoms. The molecule has 0 atom stereocenters. The number of hydrogen-bond donors (Lipinski definition) is 1. The minimum absolute atomic E-state index is 0.500. The van der Waals surface area contributed by atoms with Gasteiger partial charge in [0.25, 0.3) is 0 Å². The van der Waals surface area contributed by atoms with Crippen molar-refractivity contribution >= 4 is 0 Å². The van der Waals surface area contributed by atoms with Gasteiger partial charge in [0, 0.05) is 13.1 Å². The predicted molar refractivity (Wildman–Crippen MR) is 30.7 cm³/mol. The smallest absolute Gasteiger partial charge is 0.0785 e. The Balaban J connectivity index is 0.000000222. The highest BCUT2D eigenvalue weighted by Gasteiger charge is 1.92. The topological polar surface area (TPSA) is 21.3 Å². The van der Waals surface area contributed by atoms with Gasteiger partial charge in [0.05, 0.1) is 20.4 Å². The van der Waals surface area contributed by atoms with Crippen LogP contribution in [0, 0.1) is 0 Å². The average molecular weight is 121 g/mol. The van der Waals surface area contributed by atoms with Crippen LogP contribution in [0.5, 0.6) is 0 Å². The fourth-order valence-electron chi connectivity index (χ4n) is 0.516. The number of nitrogens with one attached hydrogen (secondary N) is 1. The molecule has 1 heterocycles. The lowest BCUT2D eigenvalue weighted by molar-refractivity contribution is 0.109. The van der Waals surface area contributed by atoms with Gasteiger partial charge < -0.3 is 10.1 Å². The van der Waals surface area contributed by atoms with E-state index in [1.165, 1.54) is 0 Å². The Morgan fingerprint density at radius 3 is 1.88 bits per heavy atom. The molecule has 8 heavy (non-hydrogen) atoms. The van der Waals surface area contributed by atoms with E-state index in [1.807, 2.05) is 0 Å². The van der Waals surface area contributed by atoms with Crippen LogP contribution in [-0.2, 0) is 4.74 Å². The summed E-state index contributed by atoms with van der Waals surface area (Å²) < 4.78 is 14.5. The second-order valence-electron chi connectivity index (χ2n) is 1.36. The highest BCUT2D eigenvalue weighted by atomic mass is 19.1. The summed E-state index contributed by atoms with van der Waals surface area (Å²) in [5, 5.41) is 3.16. The quantitative estimate of drug-likeness (QED) is 0.494. The molecule has 3 heteroatoms. The van der Waals surface area contributed by atoms with Crippen molar-refractivity contribution in [2.45, 2.75) is 0 Å². The molecule has 1 saturated heterocycles. The lowest BCUT2D eigenvalue weighted by Crippen LogP contribution is -2.30. The zero-order chi connectivity index (χ0) is 6.24. The molecule has 0 aromatic carbocycles. The van der Waals surface area contributed by atoms with Crippen LogP contribution >= 0.6 is 0 Å². The molecule has 1 fully saturated rings. The summed E-state index contributed by atoms with van der Waals surface area (Å²) in [6.45, 7) is 3.83. The monoisotopic (exact) mass is 121 g/mol. The third kappa shape index (κ3) is 4.02. The molecule has 2 nitrogen and oxygen atoms in total. The molecule has 0 bridgehead atoms. The zero-order valence-electron chi connectivity index (χ0n) is 5.11. The average Bonchev–Trinajstić information content (AvgIpc) is 1.96. The van der Waals surface area contributed by atoms with Crippen LogP contribution in [0.2, 0.25) is 0 Å². The van der Waals surface area contributed by atoms with E-state index in [0.717, 1.165) is 26.3 Å². The summed E-state index contributed by atoms with van der Waals surface area (Å²) in [5.41, 5.74) is 0. The molecule has 1 aliphatic heterocycles. The van der Waals surface area contributed by atoms with Crippen molar-refractivity contribution in [3.63, 3.8) is 0 Å². The van der Waals surface area contributed by atoms with Gasteiger partial charge in [-0.1, -0.05) is 0 Å². The van der Waals surface area contributed by atoms with Gasteiger partial charge in [0.15, 0.2) is 0 Å². The van der Waals surface area contributed by atoms with Crippen LogP contribution in [0.1, 0.15) is 0 Å². The van der Waals surface area contributed by atoms with E-state index < -0.39 is 0 Å². The van der Waals surface area contributed by atoms with Gasteiger partial charge in [-0.2, -0.15) is 0 Å². The lowest BCUT2D eigenvalue weighted by Gasteiger charge is -2.10. The fraction of sp³-hybridized carbons (Fsp3) is 1.00. The van der Waals surface area contributed by atoms with Crippen LogP contribution in [0.4, 0.5) is 4.39 Å². The normalized spacial score (nSPS) is 18.8. The second-order valence-corrected chi connectivity index (χ2v) is 1.36. The van der Waals surface area contributed by atoms with Gasteiger partial charge in [-0.3, -0.25) is 4.39 Å². The summed E-state index contributed by atoms with van der Waals surface area (Å²) in [4.78, 5) is 0. The van der Waals surface area contributed by atoms with Crippen LogP contribution in [-0.4, -0.2) is 33.5 Å². The van der Waals surface area contributed by atoms with Gasteiger partial charge in [-0.05, 0) is 0 Å². The molecule has 0 aromatic heterocycles. The van der Waals surface area contributed by atoms with Crippen LogP contribution < -0.4 is 5.32 Å². The molecule has 1 aliphatic rings. The Hall–Kier alpha value is -0.150. The van der Waals surface area contributed by atoms with Crippen LogP contribution in [0.15, 0.2) is 0 Å². The van der Waals surface area contributed by atoms with Gasteiger partial charge in [0.2, 0.25) is 0 Å². The fourth-order valence-corrected chi connectivity index (χ4v) is 0.516. The Bertz CT molecular complexity index is 27.9. The summed E-state index contributed by atoms with van der Waals surface area (Å²) in [6.07, 6.45) is 0. The van der Waals surface area contributed by atoms with Gasteiger partial charge in [0.1, 0.15) is 0 Å². The first kappa shape index (κ1) is 7.85. The van der Waals surface area contributed by atoms with Crippen molar-refractivity contribution < 1.29 is 9.13 Å². The molecule has 0 aliphatic carbocycles. The maximum absolute atomic E-state index is 9.50. The van der Waals surface area contributed by atoms with Crippen LogP contribution in [0.3, 0.4) is 0 Å². The molecule has 1 N–H and O–H groups in total. The largest absolute Gasteiger partial charge is 0.379 e. The standard InChI is InChI=1S/C4H9NO.CH3F/c1-3-6-4-2-5-1;1-2/h5H,1-4H2;1H3. The minimum atomic E-state index is 0.500. The summed E-state index contributed by atoms with van der Waals surface area (Å²) in [7, 11) is 0.500. The van der Waals surface area contributed by atoms with E-state index >= 15 is 0 Å². The summed E-state index contributed by atoms with van der Waals surface area (Å²) in [5.74, 6) is 0. The van der Waals surface area contributed by atoms with E-state index in [4.69, 9.17) is 4.74 Å². The lowest BCUT2D eigenvalue weighted by atomic mass is 10.5. The first-order valence-electron chi connectivity index (χ1n) is 2.66. The molecule has 0 radical (unpaired) electrons. The Labute approximate surface area is 49.0 Å². The van der Waals surface area contributed by atoms with Crippen molar-refractivity contribution in [2.24, 2.45) is 0 Å². The molecule has 0 saturated carbocycles. The number of hydrogen-bond acceptors (Lipinski definition) is 2. The number of halogens is 1. The highest BCUT2D eigenvalue weighted by Crippen LogP contribution is 1.76. The summed E-state index contributed by atoms with van der Waals surface area (Å²) in [6, 6.07) is 0. The molecular formula is C5H12FNO.